The molecule has 0 saturated carbocycles. The number of hydrogen-bond donors (Lipinski definition) is 0. The molecule has 0 fully saturated rings. The van der Waals surface area contributed by atoms with Crippen LogP contribution in [0, 0.1) is 5.82 Å². The van der Waals surface area contributed by atoms with E-state index in [0.29, 0.717) is 23.8 Å². The number of nitrogens with zero attached hydrogens (tertiary/aromatic N) is 3. The van der Waals surface area contributed by atoms with Gasteiger partial charge in [0.25, 0.3) is 0 Å². The predicted octanol–water partition coefficient (Wildman–Crippen LogP) is 12.2. The molecule has 0 aliphatic carbocycles. The summed E-state index contributed by atoms with van der Waals surface area (Å²) in [6.45, 7) is 1.32. The zero-order valence-electron chi connectivity index (χ0n) is 29.7. The van der Waals surface area contributed by atoms with Gasteiger partial charge < -0.3 is 14.5 Å². The maximum Gasteiger partial charge on any atom is 0.417 e. The van der Waals surface area contributed by atoms with Gasteiger partial charge in [0.2, 0.25) is 0 Å². The lowest BCUT2D eigenvalue weighted by atomic mass is 10.0. The summed E-state index contributed by atoms with van der Waals surface area (Å²) in [5.74, 6) is -0.921. The first-order valence-electron chi connectivity index (χ1n) is 15.8. The van der Waals surface area contributed by atoms with Gasteiger partial charge in [-0.25, -0.2) is 4.39 Å². The van der Waals surface area contributed by atoms with Crippen LogP contribution >= 0.6 is 11.6 Å². The molecule has 0 N–H and O–H groups in total. The van der Waals surface area contributed by atoms with Crippen LogP contribution < -0.4 is 0 Å². The van der Waals surface area contributed by atoms with Gasteiger partial charge in [-0.3, -0.25) is 0 Å². The molecule has 20 heteroatoms. The largest absolute Gasteiger partial charge is 0.417 e. The Labute approximate surface area is 322 Å². The molecule has 0 bridgehead atoms. The van der Waals surface area contributed by atoms with Gasteiger partial charge >= 0.3 is 24.7 Å². The van der Waals surface area contributed by atoms with Gasteiger partial charge in [0.1, 0.15) is 26.6 Å². The maximum absolute atomic E-state index is 12.9. The number of alkyl halides is 12. The van der Waals surface area contributed by atoms with Crippen molar-refractivity contribution >= 4 is 29.7 Å². The van der Waals surface area contributed by atoms with Crippen molar-refractivity contribution in [3.8, 4) is 0 Å². The summed E-state index contributed by atoms with van der Waals surface area (Å²) >= 11 is 5.46. The highest BCUT2D eigenvalue weighted by molar-refractivity contribution is 6.31. The smallest absolute Gasteiger partial charge is 0.399 e. The van der Waals surface area contributed by atoms with Crippen molar-refractivity contribution in [3.63, 3.8) is 0 Å². The van der Waals surface area contributed by atoms with Crippen molar-refractivity contribution in [2.24, 2.45) is 15.5 Å². The summed E-state index contributed by atoms with van der Waals surface area (Å²) < 4.78 is 164. The van der Waals surface area contributed by atoms with E-state index in [4.69, 9.17) is 16.4 Å². The van der Waals surface area contributed by atoms with Crippen LogP contribution in [0.2, 0.25) is 5.02 Å². The Balaban J connectivity index is 0.000000308. The highest BCUT2D eigenvalue weighted by Crippen LogP contribution is 2.37. The molecule has 0 spiro atoms. The van der Waals surface area contributed by atoms with E-state index in [2.05, 4.69) is 25.1 Å². The van der Waals surface area contributed by atoms with Gasteiger partial charge in [-0.15, -0.1) is 0 Å². The number of benzene rings is 4. The second kappa shape index (κ2) is 21.3. The Morgan fingerprint density at radius 2 is 1.11 bits per heavy atom. The van der Waals surface area contributed by atoms with E-state index in [1.165, 1.54) is 45.7 Å². The molecule has 0 heterocycles. The van der Waals surface area contributed by atoms with Gasteiger partial charge in [0, 0.05) is 30.8 Å². The number of oxime groups is 3. The SMILES string of the molecule is CC(=NOCc1ccccc1)c1cc(C(F)(F)F)cc(C(F)(F)F)c1.CON=CCc1cc(F)cc(C(F)(F)F)c1.CON=CCc1ccc(Cl)c(C(F)(F)F)c1. The fourth-order valence-corrected chi connectivity index (χ4v) is 4.50. The fraction of sp³-hybridized carbons (Fsp3) is 0.270. The Morgan fingerprint density at radius 3 is 1.60 bits per heavy atom. The molecule has 0 aliphatic heterocycles. The molecule has 6 nitrogen and oxygen atoms in total. The standard InChI is InChI=1S/C17H13F6NO.C10H9ClF3NO.C10H9F4NO/c1-11(24-25-10-12-5-3-2-4-6-12)13-7-14(16(18,19)20)9-15(8-13)17(21,22)23;1-16-15-5-4-7-2-3-9(11)8(6-7)10(12,13)14;1-16-15-3-2-7-4-8(10(12,13)14)6-9(11)5-7/h2-9H,10H2,1H3;2-3,5-6H,4H2,1H3;3-6H,2H2,1H3. The van der Waals surface area contributed by atoms with Crippen LogP contribution in [0.15, 0.2) is 100 Å². The van der Waals surface area contributed by atoms with Crippen LogP contribution in [-0.4, -0.2) is 32.4 Å². The van der Waals surface area contributed by atoms with E-state index in [1.807, 2.05) is 0 Å². The monoisotopic (exact) mass is 847 g/mol. The molecule has 0 unspecified atom stereocenters. The molecule has 310 valence electrons. The quantitative estimate of drug-likeness (QED) is 0.0907. The molecule has 0 aliphatic rings. The molecule has 0 amide bonds. The van der Waals surface area contributed by atoms with E-state index in [0.717, 1.165) is 23.8 Å². The molecule has 4 aromatic carbocycles. The molecular weight excluding hydrogens is 817 g/mol. The normalized spacial score (nSPS) is 12.5. The summed E-state index contributed by atoms with van der Waals surface area (Å²) in [6, 6.07) is 16.2. The minimum atomic E-state index is -4.90. The van der Waals surface area contributed by atoms with Crippen LogP contribution in [0.4, 0.5) is 57.1 Å². The predicted molar refractivity (Wildman–Crippen MR) is 186 cm³/mol. The average molecular weight is 848 g/mol. The lowest BCUT2D eigenvalue weighted by Crippen LogP contribution is -2.13. The van der Waals surface area contributed by atoms with Crippen molar-refractivity contribution in [2.75, 3.05) is 14.2 Å². The Morgan fingerprint density at radius 1 is 0.596 bits per heavy atom. The van der Waals surface area contributed by atoms with Crippen LogP contribution in [0.1, 0.15) is 51.4 Å². The van der Waals surface area contributed by atoms with E-state index < -0.39 is 52.8 Å². The van der Waals surface area contributed by atoms with Crippen molar-refractivity contribution in [1.29, 1.82) is 0 Å². The van der Waals surface area contributed by atoms with Crippen LogP contribution in [0.5, 0.6) is 0 Å². The third-order valence-corrected chi connectivity index (χ3v) is 7.25. The lowest BCUT2D eigenvalue weighted by molar-refractivity contribution is -0.143. The lowest BCUT2D eigenvalue weighted by Gasteiger charge is -2.14. The van der Waals surface area contributed by atoms with E-state index in [9.17, 15) is 57.1 Å². The van der Waals surface area contributed by atoms with Crippen molar-refractivity contribution in [3.05, 3.63) is 140 Å². The van der Waals surface area contributed by atoms with E-state index in [1.54, 1.807) is 30.3 Å². The molecular formula is C37H31ClF13N3O3. The average Bonchev–Trinajstić information content (AvgIpc) is 3.11. The van der Waals surface area contributed by atoms with Gasteiger partial charge in [0.15, 0.2) is 0 Å². The second-order valence-electron chi connectivity index (χ2n) is 11.2. The Bertz CT molecular complexity index is 1930. The minimum Gasteiger partial charge on any atom is -0.399 e. The second-order valence-corrected chi connectivity index (χ2v) is 11.6. The number of hydrogen-bond acceptors (Lipinski definition) is 6. The zero-order chi connectivity index (χ0) is 43.0. The third-order valence-electron chi connectivity index (χ3n) is 6.92. The van der Waals surface area contributed by atoms with Gasteiger partial charge in [-0.2, -0.15) is 52.7 Å². The molecule has 57 heavy (non-hydrogen) atoms. The summed E-state index contributed by atoms with van der Waals surface area (Å²) in [5, 5.41) is 10.1. The van der Waals surface area contributed by atoms with Crippen LogP contribution in [-0.2, 0) is 58.7 Å². The van der Waals surface area contributed by atoms with Crippen molar-refractivity contribution in [2.45, 2.75) is 51.1 Å². The Kier molecular flexibility index (Phi) is 17.8. The van der Waals surface area contributed by atoms with Crippen molar-refractivity contribution < 1.29 is 71.6 Å². The molecule has 0 saturated heterocycles. The molecule has 0 radical (unpaired) electrons. The molecule has 4 aromatic rings. The third kappa shape index (κ3) is 17.1. The Hall–Kier alpha value is -5.33. The first kappa shape index (κ1) is 47.8. The summed E-state index contributed by atoms with van der Waals surface area (Å²) in [4.78, 5) is 13.8. The fourth-order valence-electron chi connectivity index (χ4n) is 4.28. The van der Waals surface area contributed by atoms with Gasteiger partial charge in [0.05, 0.1) is 33.0 Å². The summed E-state index contributed by atoms with van der Waals surface area (Å²) in [5.41, 5.74) is -3.61. The highest BCUT2D eigenvalue weighted by Gasteiger charge is 2.37. The molecule has 4 rings (SSSR count). The summed E-state index contributed by atoms with van der Waals surface area (Å²) in [6.07, 6.45) is -15.8. The number of halogens is 14. The van der Waals surface area contributed by atoms with Crippen LogP contribution in [0.3, 0.4) is 0 Å². The topological polar surface area (TPSA) is 64.8 Å². The van der Waals surface area contributed by atoms with Crippen molar-refractivity contribution in [1.82, 2.24) is 0 Å². The summed E-state index contributed by atoms with van der Waals surface area (Å²) in [7, 11) is 2.67. The van der Waals surface area contributed by atoms with E-state index in [-0.39, 0.29) is 47.4 Å². The van der Waals surface area contributed by atoms with Gasteiger partial charge in [-0.05, 0) is 72.1 Å². The number of rotatable bonds is 10. The maximum atomic E-state index is 12.9. The van der Waals surface area contributed by atoms with E-state index >= 15 is 0 Å². The first-order chi connectivity index (χ1) is 26.4. The van der Waals surface area contributed by atoms with Gasteiger partial charge in [-0.1, -0.05) is 63.5 Å². The minimum absolute atomic E-state index is 0.0449. The molecule has 0 atom stereocenters. The zero-order valence-corrected chi connectivity index (χ0v) is 30.5. The van der Waals surface area contributed by atoms with Crippen LogP contribution in [0.25, 0.3) is 0 Å². The first-order valence-corrected chi connectivity index (χ1v) is 16.2. The molecule has 0 aromatic heterocycles. The highest BCUT2D eigenvalue weighted by atomic mass is 35.5.